The third kappa shape index (κ3) is 4.97. The summed E-state index contributed by atoms with van der Waals surface area (Å²) >= 11 is 0. The molecule has 7 heteroatoms. The van der Waals surface area contributed by atoms with E-state index in [1.54, 1.807) is 12.1 Å². The summed E-state index contributed by atoms with van der Waals surface area (Å²) < 4.78 is 0. The lowest BCUT2D eigenvalue weighted by atomic mass is 9.86. The molecule has 35 heavy (non-hydrogen) atoms. The molecule has 1 fully saturated rings. The average Bonchev–Trinajstić information content (AvgIpc) is 3.37. The second-order valence-electron chi connectivity index (χ2n) is 9.19. The number of halogens is 1. The number of terminal acetylenes is 1. The smallest absolute Gasteiger partial charge is 0.259 e. The number of carbonyl (C=O) groups is 2. The molecule has 5 rings (SSSR count). The Balaban J connectivity index is 0.00000289. The molecule has 0 bridgehead atoms. The third-order valence-electron chi connectivity index (χ3n) is 6.85. The first-order valence-corrected chi connectivity index (χ1v) is 11.8. The Hall–Kier alpha value is -3.53. The summed E-state index contributed by atoms with van der Waals surface area (Å²) in [7, 11) is 0. The van der Waals surface area contributed by atoms with Crippen LogP contribution in [0.4, 0.5) is 5.69 Å². The van der Waals surface area contributed by atoms with Crippen molar-refractivity contribution in [1.29, 1.82) is 0 Å². The van der Waals surface area contributed by atoms with E-state index in [2.05, 4.69) is 16.2 Å². The average molecular weight is 489 g/mol. The van der Waals surface area contributed by atoms with Gasteiger partial charge in [0.25, 0.3) is 11.8 Å². The number of hydrogen-bond acceptors (Lipinski definition) is 3. The van der Waals surface area contributed by atoms with Crippen LogP contribution in [-0.4, -0.2) is 35.9 Å². The molecule has 1 saturated carbocycles. The van der Waals surface area contributed by atoms with Crippen LogP contribution in [0.1, 0.15) is 47.3 Å². The van der Waals surface area contributed by atoms with E-state index in [1.807, 2.05) is 47.4 Å². The Labute approximate surface area is 211 Å². The Kier molecular flexibility index (Phi) is 7.30. The molecule has 2 heterocycles. The standard InChI is InChI=1S/C28H28N4O2.ClH/c1-2-13-30-27(33)20-9-12-23-24(16-22-14-19-5-3-4-6-25(19)31-22)28(34)32(26(23)15-20)17-18-7-10-21(29)11-8-18;/h1,3-6,9,12,14-16,18,21,31H,7-8,10-11,13,17,29H2,(H,30,33);1H/b24-16-;. The van der Waals surface area contributed by atoms with Crippen LogP contribution in [0.15, 0.2) is 48.5 Å². The second kappa shape index (κ2) is 10.4. The van der Waals surface area contributed by atoms with E-state index in [0.717, 1.165) is 53.5 Å². The van der Waals surface area contributed by atoms with E-state index in [0.29, 0.717) is 23.6 Å². The van der Waals surface area contributed by atoms with Gasteiger partial charge in [0.1, 0.15) is 0 Å². The minimum atomic E-state index is -0.246. The van der Waals surface area contributed by atoms with Crippen LogP contribution in [0.2, 0.25) is 0 Å². The summed E-state index contributed by atoms with van der Waals surface area (Å²) in [6.07, 6.45) is 11.2. The molecule has 2 aliphatic rings. The summed E-state index contributed by atoms with van der Waals surface area (Å²) in [5.74, 6) is 2.53. The zero-order chi connectivity index (χ0) is 23.7. The summed E-state index contributed by atoms with van der Waals surface area (Å²) in [4.78, 5) is 31.4. The van der Waals surface area contributed by atoms with Crippen molar-refractivity contribution in [3.63, 3.8) is 0 Å². The number of para-hydroxylation sites is 1. The largest absolute Gasteiger partial charge is 0.355 e. The fourth-order valence-corrected chi connectivity index (χ4v) is 5.01. The molecule has 3 aromatic rings. The number of benzene rings is 2. The number of nitrogens with two attached hydrogens (primary N) is 1. The zero-order valence-corrected chi connectivity index (χ0v) is 20.2. The topological polar surface area (TPSA) is 91.2 Å². The SMILES string of the molecule is C#CCNC(=O)c1ccc2c(c1)N(CC1CCC(N)CC1)C(=O)/C2=C\c1cc2ccccc2[nH]1.Cl. The normalized spacial score (nSPS) is 20.4. The van der Waals surface area contributed by atoms with E-state index in [1.165, 1.54) is 0 Å². The Morgan fingerprint density at radius 2 is 1.94 bits per heavy atom. The minimum Gasteiger partial charge on any atom is -0.355 e. The lowest BCUT2D eigenvalue weighted by molar-refractivity contribution is -0.113. The molecule has 1 aromatic heterocycles. The van der Waals surface area contributed by atoms with Gasteiger partial charge in [-0.1, -0.05) is 30.2 Å². The number of fused-ring (bicyclic) bond motifs is 2. The van der Waals surface area contributed by atoms with Crippen LogP contribution in [0.5, 0.6) is 0 Å². The quantitative estimate of drug-likeness (QED) is 0.368. The lowest BCUT2D eigenvalue weighted by Crippen LogP contribution is -2.36. The number of hydrogen-bond donors (Lipinski definition) is 3. The number of carbonyl (C=O) groups excluding carboxylic acids is 2. The first-order valence-electron chi connectivity index (χ1n) is 11.8. The van der Waals surface area contributed by atoms with Crippen LogP contribution in [-0.2, 0) is 4.79 Å². The van der Waals surface area contributed by atoms with Crippen LogP contribution in [0.3, 0.4) is 0 Å². The second-order valence-corrected chi connectivity index (χ2v) is 9.19. The molecule has 1 aliphatic heterocycles. The highest BCUT2D eigenvalue weighted by molar-refractivity contribution is 6.36. The summed E-state index contributed by atoms with van der Waals surface area (Å²) in [6, 6.07) is 15.7. The fraction of sp³-hybridized carbons (Fsp3) is 0.286. The van der Waals surface area contributed by atoms with Gasteiger partial charge in [-0.05, 0) is 67.3 Å². The molecule has 2 amide bonds. The van der Waals surface area contributed by atoms with Crippen molar-refractivity contribution >= 4 is 52.5 Å². The number of H-pyrrole nitrogens is 1. The van der Waals surface area contributed by atoms with Gasteiger partial charge in [-0.2, -0.15) is 0 Å². The Bertz CT molecular complexity index is 1300. The van der Waals surface area contributed by atoms with E-state index in [9.17, 15) is 9.59 Å². The van der Waals surface area contributed by atoms with Gasteiger partial charge in [0.2, 0.25) is 0 Å². The molecule has 4 N–H and O–H groups in total. The maximum absolute atomic E-state index is 13.7. The Morgan fingerprint density at radius 1 is 1.17 bits per heavy atom. The van der Waals surface area contributed by atoms with Crippen LogP contribution < -0.4 is 16.0 Å². The molecule has 0 radical (unpaired) electrons. The highest BCUT2D eigenvalue weighted by Crippen LogP contribution is 2.40. The molecule has 0 spiro atoms. The molecule has 0 unspecified atom stereocenters. The number of amides is 2. The molecule has 180 valence electrons. The van der Waals surface area contributed by atoms with E-state index in [4.69, 9.17) is 12.2 Å². The number of nitrogens with one attached hydrogen (secondary N) is 2. The minimum absolute atomic E-state index is 0. The monoisotopic (exact) mass is 488 g/mol. The predicted molar refractivity (Wildman–Crippen MR) is 143 cm³/mol. The van der Waals surface area contributed by atoms with E-state index in [-0.39, 0.29) is 36.8 Å². The summed E-state index contributed by atoms with van der Waals surface area (Å²) in [5, 5.41) is 3.80. The molecular weight excluding hydrogens is 460 g/mol. The van der Waals surface area contributed by atoms with Crippen LogP contribution >= 0.6 is 12.4 Å². The number of rotatable bonds is 5. The molecule has 6 nitrogen and oxygen atoms in total. The van der Waals surface area contributed by atoms with Crippen LogP contribution in [0, 0.1) is 18.3 Å². The Morgan fingerprint density at radius 3 is 2.69 bits per heavy atom. The predicted octanol–water partition coefficient (Wildman–Crippen LogP) is 4.36. The van der Waals surface area contributed by atoms with Crippen molar-refractivity contribution < 1.29 is 9.59 Å². The maximum atomic E-state index is 13.7. The number of aromatic nitrogens is 1. The first-order chi connectivity index (χ1) is 16.5. The van der Waals surface area contributed by atoms with Gasteiger partial charge in [0.15, 0.2) is 0 Å². The number of nitrogens with zero attached hydrogens (tertiary/aromatic N) is 1. The van der Waals surface area contributed by atoms with E-state index < -0.39 is 0 Å². The molecule has 0 atom stereocenters. The van der Waals surface area contributed by atoms with Crippen molar-refractivity contribution in [2.75, 3.05) is 18.0 Å². The summed E-state index contributed by atoms with van der Waals surface area (Å²) in [5.41, 5.74) is 10.7. The van der Waals surface area contributed by atoms with Crippen LogP contribution in [0.25, 0.3) is 22.6 Å². The van der Waals surface area contributed by atoms with Gasteiger partial charge < -0.3 is 20.9 Å². The zero-order valence-electron chi connectivity index (χ0n) is 19.4. The maximum Gasteiger partial charge on any atom is 0.259 e. The van der Waals surface area contributed by atoms with Gasteiger partial charge in [-0.15, -0.1) is 18.8 Å². The highest BCUT2D eigenvalue weighted by Gasteiger charge is 2.35. The highest BCUT2D eigenvalue weighted by atomic mass is 35.5. The summed E-state index contributed by atoms with van der Waals surface area (Å²) in [6.45, 7) is 0.782. The third-order valence-corrected chi connectivity index (χ3v) is 6.85. The van der Waals surface area contributed by atoms with Crippen molar-refractivity contribution in [3.8, 4) is 12.3 Å². The van der Waals surface area contributed by atoms with Gasteiger partial charge in [0.05, 0.1) is 17.8 Å². The van der Waals surface area contributed by atoms with Crippen molar-refractivity contribution in [2.45, 2.75) is 31.7 Å². The number of anilines is 1. The molecule has 1 aliphatic carbocycles. The number of aromatic amines is 1. The lowest BCUT2D eigenvalue weighted by Gasteiger charge is -2.30. The van der Waals surface area contributed by atoms with Gasteiger partial charge in [-0.3, -0.25) is 9.59 Å². The fourth-order valence-electron chi connectivity index (χ4n) is 5.01. The van der Waals surface area contributed by atoms with Gasteiger partial charge in [0, 0.05) is 34.9 Å². The van der Waals surface area contributed by atoms with Crippen molar-refractivity contribution in [1.82, 2.24) is 10.3 Å². The van der Waals surface area contributed by atoms with Crippen molar-refractivity contribution in [3.05, 3.63) is 65.4 Å². The van der Waals surface area contributed by atoms with Gasteiger partial charge >= 0.3 is 0 Å². The molecule has 2 aromatic carbocycles. The molecule has 0 saturated heterocycles. The van der Waals surface area contributed by atoms with Gasteiger partial charge in [-0.25, -0.2) is 0 Å². The first kappa shape index (κ1) is 24.6. The van der Waals surface area contributed by atoms with Crippen molar-refractivity contribution in [2.24, 2.45) is 11.7 Å². The van der Waals surface area contributed by atoms with E-state index >= 15 is 0 Å². The molecular formula is C28H29ClN4O2.